The number of nitrogens with one attached hydrogen (secondary N) is 1. The summed E-state index contributed by atoms with van der Waals surface area (Å²) in [6, 6.07) is 4.31. The molecule has 0 saturated carbocycles. The van der Waals surface area contributed by atoms with Crippen LogP contribution >= 0.6 is 23.2 Å². The van der Waals surface area contributed by atoms with Gasteiger partial charge in [0.05, 0.1) is 23.1 Å². The third-order valence-corrected chi connectivity index (χ3v) is 2.95. The maximum Gasteiger partial charge on any atom is 0.275 e. The number of nitro groups is 1. The van der Waals surface area contributed by atoms with Crippen LogP contribution in [0.3, 0.4) is 0 Å². The number of aliphatic hydroxyl groups is 2. The predicted octanol–water partition coefficient (Wildman–Crippen LogP) is 0.909. The molecule has 9 heteroatoms. The number of halogens is 2. The number of para-hydroxylation sites is 1. The van der Waals surface area contributed by atoms with E-state index in [1.54, 1.807) is 0 Å². The normalized spacial score (nSPS) is 13.8. The van der Waals surface area contributed by atoms with Gasteiger partial charge >= 0.3 is 0 Å². The lowest BCUT2D eigenvalue weighted by atomic mass is 10.0. The van der Waals surface area contributed by atoms with E-state index in [9.17, 15) is 25.1 Å². The van der Waals surface area contributed by atoms with E-state index >= 15 is 0 Å². The summed E-state index contributed by atoms with van der Waals surface area (Å²) in [5, 5.41) is 32.3. The predicted molar refractivity (Wildman–Crippen MR) is 72.6 cm³/mol. The van der Waals surface area contributed by atoms with E-state index in [4.69, 9.17) is 23.2 Å². The number of rotatable bonds is 6. The highest BCUT2D eigenvalue weighted by Gasteiger charge is 2.29. The van der Waals surface area contributed by atoms with Gasteiger partial charge in [-0.05, 0) is 6.07 Å². The molecule has 1 aromatic rings. The van der Waals surface area contributed by atoms with E-state index in [2.05, 4.69) is 5.32 Å². The van der Waals surface area contributed by atoms with Gasteiger partial charge in [0.25, 0.3) is 11.6 Å². The second-order valence-corrected chi connectivity index (χ2v) is 4.96. The number of hydrogen-bond donors (Lipinski definition) is 3. The number of nitrogens with zero attached hydrogens (tertiary/aromatic N) is 1. The molecule has 110 valence electrons. The Morgan fingerprint density at radius 1 is 1.40 bits per heavy atom. The number of aliphatic hydroxyl groups excluding tert-OH is 2. The van der Waals surface area contributed by atoms with Gasteiger partial charge in [-0.15, -0.1) is 0 Å². The Morgan fingerprint density at radius 2 is 2.00 bits per heavy atom. The molecule has 0 aromatic heterocycles. The molecule has 0 heterocycles. The van der Waals surface area contributed by atoms with Gasteiger partial charge in [-0.25, -0.2) is 0 Å². The molecule has 7 nitrogen and oxygen atoms in total. The van der Waals surface area contributed by atoms with Crippen molar-refractivity contribution in [3.8, 4) is 0 Å². The second kappa shape index (κ2) is 7.39. The lowest BCUT2D eigenvalue weighted by Crippen LogP contribution is -2.44. The fraction of sp³-hybridized carbons (Fsp3) is 0.364. The van der Waals surface area contributed by atoms with Crippen LogP contribution in [-0.4, -0.2) is 38.5 Å². The zero-order valence-electron chi connectivity index (χ0n) is 10.1. The van der Waals surface area contributed by atoms with Crippen LogP contribution in [0.5, 0.6) is 0 Å². The van der Waals surface area contributed by atoms with Gasteiger partial charge in [0.2, 0.25) is 0 Å². The van der Waals surface area contributed by atoms with Gasteiger partial charge in [0.15, 0.2) is 4.84 Å². The van der Waals surface area contributed by atoms with Crippen molar-refractivity contribution in [2.45, 2.75) is 17.0 Å². The van der Waals surface area contributed by atoms with Crippen molar-refractivity contribution in [1.29, 1.82) is 0 Å². The number of alkyl halides is 2. The molecule has 0 unspecified atom stereocenters. The van der Waals surface area contributed by atoms with Crippen molar-refractivity contribution >= 4 is 34.8 Å². The molecule has 0 spiro atoms. The zero-order chi connectivity index (χ0) is 15.3. The summed E-state index contributed by atoms with van der Waals surface area (Å²) in [7, 11) is 0. The first-order valence-corrected chi connectivity index (χ1v) is 6.36. The van der Waals surface area contributed by atoms with Crippen LogP contribution in [0, 0.1) is 10.1 Å². The van der Waals surface area contributed by atoms with Crippen LogP contribution in [0.4, 0.5) is 5.69 Å². The number of benzene rings is 1. The first-order chi connectivity index (χ1) is 9.38. The molecule has 0 aliphatic rings. The quantitative estimate of drug-likeness (QED) is 0.409. The molecule has 1 rings (SSSR count). The van der Waals surface area contributed by atoms with Crippen molar-refractivity contribution in [2.24, 2.45) is 0 Å². The fourth-order valence-electron chi connectivity index (χ4n) is 1.59. The van der Waals surface area contributed by atoms with Gasteiger partial charge in [0.1, 0.15) is 6.10 Å². The Bertz CT molecular complexity index is 497. The van der Waals surface area contributed by atoms with Gasteiger partial charge in [0, 0.05) is 6.07 Å². The monoisotopic (exact) mass is 322 g/mol. The smallest absolute Gasteiger partial charge is 0.275 e. The summed E-state index contributed by atoms with van der Waals surface area (Å²) in [6.07, 6.45) is -1.47. The minimum absolute atomic E-state index is 0.0301. The lowest BCUT2D eigenvalue weighted by molar-refractivity contribution is -0.386. The molecule has 0 radical (unpaired) electrons. The molecule has 0 aliphatic carbocycles. The summed E-state index contributed by atoms with van der Waals surface area (Å²) in [5.74, 6) is -0.815. The van der Waals surface area contributed by atoms with Crippen molar-refractivity contribution in [2.75, 3.05) is 6.61 Å². The minimum Gasteiger partial charge on any atom is -0.394 e. The van der Waals surface area contributed by atoms with Crippen molar-refractivity contribution in [3.63, 3.8) is 0 Å². The fourth-order valence-corrected chi connectivity index (χ4v) is 1.72. The number of carbonyl (C=O) groups excluding carboxylic acids is 1. The number of amides is 1. The molecule has 2 atom stereocenters. The average molecular weight is 323 g/mol. The van der Waals surface area contributed by atoms with Crippen molar-refractivity contribution in [3.05, 3.63) is 39.9 Å². The molecule has 20 heavy (non-hydrogen) atoms. The summed E-state index contributed by atoms with van der Waals surface area (Å²) < 4.78 is 0. The summed E-state index contributed by atoms with van der Waals surface area (Å²) >= 11 is 10.7. The summed E-state index contributed by atoms with van der Waals surface area (Å²) in [5.41, 5.74) is -0.349. The Hall–Kier alpha value is -1.41. The van der Waals surface area contributed by atoms with Crippen LogP contribution in [0.15, 0.2) is 24.3 Å². The molecule has 1 aromatic carbocycles. The average Bonchev–Trinajstić information content (AvgIpc) is 2.43. The topological polar surface area (TPSA) is 113 Å². The first-order valence-electron chi connectivity index (χ1n) is 5.49. The molecule has 1 amide bonds. The van der Waals surface area contributed by atoms with Crippen LogP contribution in [0.1, 0.15) is 11.7 Å². The van der Waals surface area contributed by atoms with E-state index in [0.29, 0.717) is 0 Å². The van der Waals surface area contributed by atoms with Crippen molar-refractivity contribution in [1.82, 2.24) is 5.32 Å². The lowest BCUT2D eigenvalue weighted by Gasteiger charge is -2.22. The van der Waals surface area contributed by atoms with Gasteiger partial charge < -0.3 is 15.5 Å². The van der Waals surface area contributed by atoms with Gasteiger partial charge in [-0.2, -0.15) is 0 Å². The highest BCUT2D eigenvalue weighted by atomic mass is 35.5. The third kappa shape index (κ3) is 4.04. The number of nitro benzene ring substituents is 1. The Balaban J connectivity index is 2.99. The highest BCUT2D eigenvalue weighted by molar-refractivity contribution is 6.53. The standard InChI is InChI=1S/C11H12Cl2N2O5/c12-10(13)11(18)14-7(5-16)9(17)6-3-1-2-4-8(6)15(19)20/h1-4,7,9-10,16-17H,5H2,(H,14,18)/t7-,9+/m0/s1. The van der Waals surface area contributed by atoms with E-state index < -0.39 is 34.4 Å². The number of carbonyl (C=O) groups is 1. The van der Waals surface area contributed by atoms with E-state index in [1.807, 2.05) is 0 Å². The van der Waals surface area contributed by atoms with Crippen LogP contribution < -0.4 is 5.32 Å². The third-order valence-electron chi connectivity index (χ3n) is 2.56. The van der Waals surface area contributed by atoms with E-state index in [-0.39, 0.29) is 11.3 Å². The Morgan fingerprint density at radius 3 is 2.50 bits per heavy atom. The highest BCUT2D eigenvalue weighted by Crippen LogP contribution is 2.27. The molecule has 0 aliphatic heterocycles. The Labute approximate surface area is 124 Å². The van der Waals surface area contributed by atoms with Crippen molar-refractivity contribution < 1.29 is 19.9 Å². The minimum atomic E-state index is -1.47. The maximum atomic E-state index is 11.3. The maximum absolute atomic E-state index is 11.3. The van der Waals surface area contributed by atoms with Gasteiger partial charge in [-0.3, -0.25) is 14.9 Å². The SMILES string of the molecule is O=C(N[C@@H](CO)[C@H](O)c1ccccc1[N+](=O)[O-])C(Cl)Cl. The molecule has 0 bridgehead atoms. The zero-order valence-corrected chi connectivity index (χ0v) is 11.6. The van der Waals surface area contributed by atoms with Crippen LogP contribution in [0.2, 0.25) is 0 Å². The van der Waals surface area contributed by atoms with E-state index in [1.165, 1.54) is 24.3 Å². The molecule has 0 fully saturated rings. The van der Waals surface area contributed by atoms with E-state index in [0.717, 1.165) is 0 Å². The van der Waals surface area contributed by atoms with Gasteiger partial charge in [-0.1, -0.05) is 35.3 Å². The molecular weight excluding hydrogens is 311 g/mol. The molecule has 0 saturated heterocycles. The summed E-state index contributed by atoms with van der Waals surface area (Å²) in [6.45, 7) is -0.639. The van der Waals surface area contributed by atoms with Crippen LogP contribution in [-0.2, 0) is 4.79 Å². The summed E-state index contributed by atoms with van der Waals surface area (Å²) in [4.78, 5) is 20.2. The largest absolute Gasteiger partial charge is 0.394 e. The molecular formula is C11H12Cl2N2O5. The Kier molecular flexibility index (Phi) is 6.15. The molecule has 3 N–H and O–H groups in total. The second-order valence-electron chi connectivity index (χ2n) is 3.86. The first kappa shape index (κ1) is 16.6. The number of hydrogen-bond acceptors (Lipinski definition) is 5. The van der Waals surface area contributed by atoms with Crippen LogP contribution in [0.25, 0.3) is 0 Å².